The summed E-state index contributed by atoms with van der Waals surface area (Å²) < 4.78 is 13.9. The number of carbonyl (C=O) groups is 2. The molecule has 134 valence electrons. The average Bonchev–Trinajstić information content (AvgIpc) is 2.85. The fourth-order valence-electron chi connectivity index (χ4n) is 2.50. The second kappa shape index (κ2) is 7.51. The Kier molecular flexibility index (Phi) is 5.34. The number of hydrogen-bond acceptors (Lipinski definition) is 4. The minimum Gasteiger partial charge on any atom is -0.378 e. The molecule has 1 aliphatic heterocycles. The van der Waals surface area contributed by atoms with Crippen molar-refractivity contribution in [3.8, 4) is 0 Å². The summed E-state index contributed by atoms with van der Waals surface area (Å²) in [6.07, 6.45) is 1.66. The smallest absolute Gasteiger partial charge is 0.293 e. The molecule has 3 rings (SSSR count). The summed E-state index contributed by atoms with van der Waals surface area (Å²) in [5.41, 5.74) is 1.97. The first-order chi connectivity index (χ1) is 12.4. The van der Waals surface area contributed by atoms with E-state index >= 15 is 0 Å². The number of anilines is 1. The zero-order chi connectivity index (χ0) is 18.8. The van der Waals surface area contributed by atoms with Crippen LogP contribution in [0.1, 0.15) is 11.1 Å². The predicted molar refractivity (Wildman–Crippen MR) is 104 cm³/mol. The Hall–Kier alpha value is -2.31. The lowest BCUT2D eigenvalue weighted by atomic mass is 10.1. The number of hydrogen-bond donors (Lipinski definition) is 0. The number of amides is 2. The molecule has 0 unspecified atom stereocenters. The molecule has 2 amide bonds. The fraction of sp³-hybridized carbons (Fsp3) is 0.158. The first-order valence-corrected chi connectivity index (χ1v) is 9.02. The van der Waals surface area contributed by atoms with Gasteiger partial charge in [-0.2, -0.15) is 0 Å². The topological polar surface area (TPSA) is 40.6 Å². The monoisotopic (exact) mass is 390 g/mol. The molecule has 0 spiro atoms. The Morgan fingerprint density at radius 1 is 1.15 bits per heavy atom. The fourth-order valence-corrected chi connectivity index (χ4v) is 3.56. The first kappa shape index (κ1) is 18.5. The van der Waals surface area contributed by atoms with Gasteiger partial charge in [0.1, 0.15) is 5.82 Å². The van der Waals surface area contributed by atoms with Gasteiger partial charge in [-0.15, -0.1) is 0 Å². The Labute approximate surface area is 160 Å². The van der Waals surface area contributed by atoms with E-state index < -0.39 is 17.0 Å². The van der Waals surface area contributed by atoms with Crippen molar-refractivity contribution in [2.45, 2.75) is 6.54 Å². The number of nitrogens with zero attached hydrogens (tertiary/aromatic N) is 2. The van der Waals surface area contributed by atoms with Crippen molar-refractivity contribution in [2.24, 2.45) is 0 Å². The van der Waals surface area contributed by atoms with E-state index in [1.165, 1.54) is 18.2 Å². The summed E-state index contributed by atoms with van der Waals surface area (Å²) in [6, 6.07) is 11.9. The molecule has 0 radical (unpaired) electrons. The molecule has 0 N–H and O–H groups in total. The quantitative estimate of drug-likeness (QED) is 0.704. The molecule has 1 fully saturated rings. The van der Waals surface area contributed by atoms with Gasteiger partial charge in [-0.1, -0.05) is 29.8 Å². The highest BCUT2D eigenvalue weighted by Gasteiger charge is 2.35. The maximum absolute atomic E-state index is 13.9. The summed E-state index contributed by atoms with van der Waals surface area (Å²) in [5, 5.41) is -0.252. The van der Waals surface area contributed by atoms with E-state index in [4.69, 9.17) is 11.6 Å². The van der Waals surface area contributed by atoms with E-state index in [-0.39, 0.29) is 17.1 Å². The highest BCUT2D eigenvalue weighted by atomic mass is 35.5. The van der Waals surface area contributed by atoms with Gasteiger partial charge in [-0.05, 0) is 47.7 Å². The van der Waals surface area contributed by atoms with Gasteiger partial charge in [0.05, 0.1) is 11.4 Å². The van der Waals surface area contributed by atoms with Gasteiger partial charge in [0.25, 0.3) is 11.1 Å². The van der Waals surface area contributed by atoms with E-state index in [1.807, 2.05) is 43.3 Å². The van der Waals surface area contributed by atoms with Crippen molar-refractivity contribution in [1.82, 2.24) is 4.90 Å². The normalized spacial score (nSPS) is 15.8. The van der Waals surface area contributed by atoms with Crippen LogP contribution in [-0.4, -0.2) is 30.1 Å². The van der Waals surface area contributed by atoms with E-state index in [0.29, 0.717) is 4.91 Å². The van der Waals surface area contributed by atoms with Crippen LogP contribution in [0.2, 0.25) is 5.02 Å². The van der Waals surface area contributed by atoms with Crippen molar-refractivity contribution in [3.05, 3.63) is 69.3 Å². The minimum absolute atomic E-state index is 0.132. The molecule has 2 aromatic rings. The van der Waals surface area contributed by atoms with E-state index in [9.17, 15) is 14.0 Å². The SMILES string of the molecule is CN(C)c1ccc(/C=C2/SC(=O)N(Cc3c(F)cccc3Cl)C2=O)cc1. The molecular weight excluding hydrogens is 375 g/mol. The lowest BCUT2D eigenvalue weighted by molar-refractivity contribution is -0.123. The Balaban J connectivity index is 1.82. The van der Waals surface area contributed by atoms with Crippen LogP contribution in [0.5, 0.6) is 0 Å². The number of carbonyl (C=O) groups excluding carboxylic acids is 2. The Morgan fingerprint density at radius 2 is 1.85 bits per heavy atom. The first-order valence-electron chi connectivity index (χ1n) is 7.82. The summed E-state index contributed by atoms with van der Waals surface area (Å²) in [6.45, 7) is -0.187. The van der Waals surface area contributed by atoms with Gasteiger partial charge in [-0.25, -0.2) is 4.39 Å². The molecule has 0 aliphatic carbocycles. The van der Waals surface area contributed by atoms with Gasteiger partial charge in [-0.3, -0.25) is 14.5 Å². The van der Waals surface area contributed by atoms with Gasteiger partial charge < -0.3 is 4.90 Å². The lowest BCUT2D eigenvalue weighted by Gasteiger charge is -2.14. The molecule has 0 atom stereocenters. The third-order valence-electron chi connectivity index (χ3n) is 3.96. The molecule has 4 nitrogen and oxygen atoms in total. The Morgan fingerprint density at radius 3 is 2.46 bits per heavy atom. The zero-order valence-electron chi connectivity index (χ0n) is 14.2. The van der Waals surface area contributed by atoms with Crippen molar-refractivity contribution < 1.29 is 14.0 Å². The molecular formula is C19H16ClFN2O2S. The van der Waals surface area contributed by atoms with Crippen LogP contribution in [0.4, 0.5) is 14.9 Å². The third kappa shape index (κ3) is 3.76. The van der Waals surface area contributed by atoms with Gasteiger partial charge in [0, 0.05) is 30.4 Å². The molecule has 1 saturated heterocycles. The highest BCUT2D eigenvalue weighted by Crippen LogP contribution is 2.34. The standard InChI is InChI=1S/C19H16ClFN2O2S/c1-22(2)13-8-6-12(7-9-13)10-17-18(24)23(19(25)26-17)11-14-15(20)4-3-5-16(14)21/h3-10H,11H2,1-2H3/b17-10+. The van der Waals surface area contributed by atoms with Crippen LogP contribution < -0.4 is 4.90 Å². The van der Waals surface area contributed by atoms with Gasteiger partial charge in [0.15, 0.2) is 0 Å². The summed E-state index contributed by atoms with van der Waals surface area (Å²) in [7, 11) is 3.88. The number of imide groups is 1. The number of rotatable bonds is 4. The predicted octanol–water partition coefficient (Wildman–Crippen LogP) is 4.78. The maximum atomic E-state index is 13.9. The van der Waals surface area contributed by atoms with Crippen LogP contribution in [-0.2, 0) is 11.3 Å². The molecule has 0 bridgehead atoms. The zero-order valence-corrected chi connectivity index (χ0v) is 15.8. The average molecular weight is 391 g/mol. The molecule has 7 heteroatoms. The van der Waals surface area contributed by atoms with Crippen molar-refractivity contribution >= 4 is 46.3 Å². The molecule has 26 heavy (non-hydrogen) atoms. The maximum Gasteiger partial charge on any atom is 0.293 e. The Bertz CT molecular complexity index is 877. The summed E-state index contributed by atoms with van der Waals surface area (Å²) in [5.74, 6) is -0.990. The molecule has 0 saturated carbocycles. The second-order valence-corrected chi connectivity index (χ2v) is 7.35. The van der Waals surface area contributed by atoms with Crippen LogP contribution in [0, 0.1) is 5.82 Å². The van der Waals surface area contributed by atoms with Crippen LogP contribution in [0.3, 0.4) is 0 Å². The molecule has 1 aliphatic rings. The van der Waals surface area contributed by atoms with Crippen molar-refractivity contribution in [3.63, 3.8) is 0 Å². The van der Waals surface area contributed by atoms with E-state index in [2.05, 4.69) is 0 Å². The second-order valence-electron chi connectivity index (χ2n) is 5.95. The van der Waals surface area contributed by atoms with Crippen LogP contribution >= 0.6 is 23.4 Å². The lowest BCUT2D eigenvalue weighted by Crippen LogP contribution is -2.28. The number of benzene rings is 2. The summed E-state index contributed by atoms with van der Waals surface area (Å²) >= 11 is 6.84. The van der Waals surface area contributed by atoms with E-state index in [0.717, 1.165) is 27.9 Å². The van der Waals surface area contributed by atoms with Gasteiger partial charge in [0.2, 0.25) is 0 Å². The van der Waals surface area contributed by atoms with Gasteiger partial charge >= 0.3 is 0 Å². The number of halogens is 2. The molecule has 1 heterocycles. The molecule has 2 aromatic carbocycles. The number of thioether (sulfide) groups is 1. The largest absolute Gasteiger partial charge is 0.378 e. The molecule has 0 aromatic heterocycles. The van der Waals surface area contributed by atoms with E-state index in [1.54, 1.807) is 6.08 Å². The third-order valence-corrected chi connectivity index (χ3v) is 5.22. The van der Waals surface area contributed by atoms with Crippen LogP contribution in [0.25, 0.3) is 6.08 Å². The summed E-state index contributed by atoms with van der Waals surface area (Å²) in [4.78, 5) is 28.1. The highest BCUT2D eigenvalue weighted by molar-refractivity contribution is 8.18. The minimum atomic E-state index is -0.542. The van der Waals surface area contributed by atoms with Crippen molar-refractivity contribution in [1.29, 1.82) is 0 Å². The van der Waals surface area contributed by atoms with Crippen molar-refractivity contribution in [2.75, 3.05) is 19.0 Å². The van der Waals surface area contributed by atoms with Crippen LogP contribution in [0.15, 0.2) is 47.4 Å².